The Morgan fingerprint density at radius 1 is 1.00 bits per heavy atom. The van der Waals surface area contributed by atoms with Gasteiger partial charge in [-0.05, 0) is 23.6 Å². The average Bonchev–Trinajstić information content (AvgIpc) is 2.25. The third-order valence-corrected chi connectivity index (χ3v) is 2.63. The molecule has 0 radical (unpaired) electrons. The molecule has 16 heavy (non-hydrogen) atoms. The zero-order valence-electron chi connectivity index (χ0n) is 9.03. The molecule has 4 nitrogen and oxygen atoms in total. The van der Waals surface area contributed by atoms with Gasteiger partial charge in [-0.25, -0.2) is 0 Å². The van der Waals surface area contributed by atoms with Crippen molar-refractivity contribution in [2.45, 2.75) is 19.8 Å². The highest BCUT2D eigenvalue weighted by atomic mass is 16.2. The van der Waals surface area contributed by atoms with E-state index in [0.29, 0.717) is 0 Å². The molecule has 2 amide bonds. The van der Waals surface area contributed by atoms with E-state index in [1.165, 1.54) is 0 Å². The number of benzene rings is 1. The van der Waals surface area contributed by atoms with Crippen molar-refractivity contribution in [1.29, 1.82) is 0 Å². The van der Waals surface area contributed by atoms with Crippen LogP contribution < -0.4 is 5.32 Å². The van der Waals surface area contributed by atoms with E-state index in [1.54, 1.807) is 18.2 Å². The maximum atomic E-state index is 11.5. The molecule has 2 rings (SSSR count). The molecule has 82 valence electrons. The zero-order chi connectivity index (χ0) is 11.9. The quantitative estimate of drug-likeness (QED) is 0.569. The predicted octanol–water partition coefficient (Wildman–Crippen LogP) is 1.26. The van der Waals surface area contributed by atoms with Crippen LogP contribution in [0.2, 0.25) is 0 Å². The van der Waals surface area contributed by atoms with Gasteiger partial charge in [0, 0.05) is 5.56 Å². The number of carbonyl (C=O) groups excluding carboxylic acids is 3. The van der Waals surface area contributed by atoms with E-state index < -0.39 is 17.6 Å². The van der Waals surface area contributed by atoms with Crippen molar-refractivity contribution in [3.05, 3.63) is 34.9 Å². The van der Waals surface area contributed by atoms with Crippen LogP contribution >= 0.6 is 0 Å². The fourth-order valence-corrected chi connectivity index (χ4v) is 1.66. The highest BCUT2D eigenvalue weighted by Gasteiger charge is 2.30. The molecule has 1 aliphatic heterocycles. The SMILES string of the molecule is CC(C)c1ccc2c(c1)C(=O)NC(=O)C2=O. The summed E-state index contributed by atoms with van der Waals surface area (Å²) in [5.74, 6) is -1.73. The molecule has 0 saturated carbocycles. The minimum absolute atomic E-state index is 0.193. The van der Waals surface area contributed by atoms with Crippen molar-refractivity contribution < 1.29 is 14.4 Å². The largest absolute Gasteiger partial charge is 0.299 e. The number of amides is 2. The van der Waals surface area contributed by atoms with Crippen LogP contribution in [0.4, 0.5) is 0 Å². The van der Waals surface area contributed by atoms with Gasteiger partial charge in [0.1, 0.15) is 0 Å². The number of nitrogens with one attached hydrogen (secondary N) is 1. The van der Waals surface area contributed by atoms with Crippen LogP contribution in [0.1, 0.15) is 46.0 Å². The smallest absolute Gasteiger partial charge is 0.285 e. The van der Waals surface area contributed by atoms with Crippen LogP contribution in [0.25, 0.3) is 0 Å². The molecular formula is C12H11NO3. The molecular weight excluding hydrogens is 206 g/mol. The number of rotatable bonds is 1. The van der Waals surface area contributed by atoms with Gasteiger partial charge in [-0.2, -0.15) is 0 Å². The Balaban J connectivity index is 2.59. The number of ketones is 1. The highest BCUT2D eigenvalue weighted by molar-refractivity contribution is 6.49. The number of hydrogen-bond donors (Lipinski definition) is 1. The van der Waals surface area contributed by atoms with Crippen LogP contribution in [-0.2, 0) is 4.79 Å². The maximum absolute atomic E-state index is 11.5. The standard InChI is InChI=1S/C12H11NO3/c1-6(2)7-3-4-8-9(5-7)11(15)13-12(16)10(8)14/h3-6H,1-2H3,(H,13,15,16). The first kappa shape index (κ1) is 10.5. The van der Waals surface area contributed by atoms with Crippen molar-refractivity contribution in [3.63, 3.8) is 0 Å². The van der Waals surface area contributed by atoms with Gasteiger partial charge in [0.15, 0.2) is 0 Å². The van der Waals surface area contributed by atoms with E-state index in [1.807, 2.05) is 19.2 Å². The average molecular weight is 217 g/mol. The van der Waals surface area contributed by atoms with E-state index in [-0.39, 0.29) is 17.0 Å². The number of fused-ring (bicyclic) bond motifs is 1. The van der Waals surface area contributed by atoms with Crippen molar-refractivity contribution in [3.8, 4) is 0 Å². The summed E-state index contributed by atoms with van der Waals surface area (Å²) in [6, 6.07) is 4.98. The third kappa shape index (κ3) is 1.52. The maximum Gasteiger partial charge on any atom is 0.299 e. The van der Waals surface area contributed by atoms with E-state index >= 15 is 0 Å². The lowest BCUT2D eigenvalue weighted by atomic mass is 9.93. The Bertz CT molecular complexity index is 503. The molecule has 1 aromatic rings. The van der Waals surface area contributed by atoms with Gasteiger partial charge in [-0.1, -0.05) is 19.9 Å². The lowest BCUT2D eigenvalue weighted by Gasteiger charge is -2.16. The summed E-state index contributed by atoms with van der Waals surface area (Å²) in [4.78, 5) is 34.1. The molecule has 0 bridgehead atoms. The predicted molar refractivity (Wildman–Crippen MR) is 57.3 cm³/mol. The fraction of sp³-hybridized carbons (Fsp3) is 0.250. The third-order valence-electron chi connectivity index (χ3n) is 2.63. The Hall–Kier alpha value is -1.97. The number of imide groups is 1. The Labute approximate surface area is 92.6 Å². The minimum atomic E-state index is -0.852. The monoisotopic (exact) mass is 217 g/mol. The molecule has 1 aromatic carbocycles. The fourth-order valence-electron chi connectivity index (χ4n) is 1.66. The van der Waals surface area contributed by atoms with Crippen molar-refractivity contribution in [1.82, 2.24) is 5.32 Å². The number of Topliss-reactive ketones (excluding diaryl/α,β-unsaturated/α-hetero) is 1. The van der Waals surface area contributed by atoms with Gasteiger partial charge in [0.25, 0.3) is 17.6 Å². The molecule has 1 N–H and O–H groups in total. The lowest BCUT2D eigenvalue weighted by molar-refractivity contribution is -0.116. The van der Waals surface area contributed by atoms with Crippen LogP contribution in [0, 0.1) is 0 Å². The van der Waals surface area contributed by atoms with E-state index in [2.05, 4.69) is 0 Å². The molecule has 0 saturated heterocycles. The second kappa shape index (κ2) is 3.56. The van der Waals surface area contributed by atoms with Crippen molar-refractivity contribution in [2.24, 2.45) is 0 Å². The normalized spacial score (nSPS) is 15.1. The molecule has 0 spiro atoms. The van der Waals surface area contributed by atoms with Crippen LogP contribution in [0.3, 0.4) is 0 Å². The summed E-state index contributed by atoms with van der Waals surface area (Å²) < 4.78 is 0. The Morgan fingerprint density at radius 2 is 1.69 bits per heavy atom. The summed E-state index contributed by atoms with van der Waals surface area (Å²) in [6.07, 6.45) is 0. The van der Waals surface area contributed by atoms with Crippen LogP contribution in [-0.4, -0.2) is 17.6 Å². The first-order chi connectivity index (χ1) is 7.50. The van der Waals surface area contributed by atoms with Crippen LogP contribution in [0.15, 0.2) is 18.2 Å². The molecule has 0 aromatic heterocycles. The molecule has 0 aliphatic carbocycles. The molecule has 0 atom stereocenters. The van der Waals surface area contributed by atoms with Gasteiger partial charge in [0.05, 0.1) is 5.56 Å². The van der Waals surface area contributed by atoms with Crippen molar-refractivity contribution >= 4 is 17.6 Å². The minimum Gasteiger partial charge on any atom is -0.285 e. The summed E-state index contributed by atoms with van der Waals surface area (Å²) in [6.45, 7) is 3.99. The first-order valence-corrected chi connectivity index (χ1v) is 5.04. The van der Waals surface area contributed by atoms with E-state index in [0.717, 1.165) is 5.56 Å². The molecule has 0 unspecified atom stereocenters. The van der Waals surface area contributed by atoms with Gasteiger partial charge in [-0.15, -0.1) is 0 Å². The Kier molecular flexibility index (Phi) is 2.34. The molecule has 0 fully saturated rings. The summed E-state index contributed by atoms with van der Waals surface area (Å²) in [7, 11) is 0. The summed E-state index contributed by atoms with van der Waals surface area (Å²) >= 11 is 0. The lowest BCUT2D eigenvalue weighted by Crippen LogP contribution is -2.42. The van der Waals surface area contributed by atoms with E-state index in [4.69, 9.17) is 0 Å². The van der Waals surface area contributed by atoms with Crippen molar-refractivity contribution in [2.75, 3.05) is 0 Å². The first-order valence-electron chi connectivity index (χ1n) is 5.04. The van der Waals surface area contributed by atoms with Crippen LogP contribution in [0.5, 0.6) is 0 Å². The van der Waals surface area contributed by atoms with Gasteiger partial charge < -0.3 is 0 Å². The van der Waals surface area contributed by atoms with Gasteiger partial charge >= 0.3 is 0 Å². The van der Waals surface area contributed by atoms with Gasteiger partial charge in [-0.3, -0.25) is 19.7 Å². The summed E-state index contributed by atoms with van der Waals surface area (Å²) in [5, 5.41) is 2.02. The summed E-state index contributed by atoms with van der Waals surface area (Å²) in [5.41, 5.74) is 1.45. The Morgan fingerprint density at radius 3 is 2.31 bits per heavy atom. The second-order valence-corrected chi connectivity index (χ2v) is 4.07. The number of carbonyl (C=O) groups is 3. The molecule has 1 aliphatic rings. The second-order valence-electron chi connectivity index (χ2n) is 4.07. The highest BCUT2D eigenvalue weighted by Crippen LogP contribution is 2.21. The molecule has 1 heterocycles. The topological polar surface area (TPSA) is 63.2 Å². The number of hydrogen-bond acceptors (Lipinski definition) is 3. The molecule has 4 heteroatoms. The van der Waals surface area contributed by atoms with Gasteiger partial charge in [0.2, 0.25) is 0 Å². The van der Waals surface area contributed by atoms with E-state index in [9.17, 15) is 14.4 Å². The zero-order valence-corrected chi connectivity index (χ0v) is 9.03.